The summed E-state index contributed by atoms with van der Waals surface area (Å²) in [5.41, 5.74) is 3.50. The van der Waals surface area contributed by atoms with Gasteiger partial charge in [0.1, 0.15) is 0 Å². The van der Waals surface area contributed by atoms with Crippen molar-refractivity contribution in [3.8, 4) is 11.1 Å². The Kier molecular flexibility index (Phi) is 8.26. The summed E-state index contributed by atoms with van der Waals surface area (Å²) in [5.74, 6) is 0. The monoisotopic (exact) mass is 637 g/mol. The van der Waals surface area contributed by atoms with Crippen LogP contribution in [0.1, 0.15) is 61.2 Å². The van der Waals surface area contributed by atoms with E-state index in [1.165, 1.54) is 24.3 Å². The van der Waals surface area contributed by atoms with E-state index in [9.17, 15) is 26.3 Å². The Bertz CT molecular complexity index is 1920. The van der Waals surface area contributed by atoms with Crippen LogP contribution >= 0.6 is 0 Å². The van der Waals surface area contributed by atoms with E-state index in [0.29, 0.717) is 27.9 Å². The molecular weight excluding hydrogens is 608 g/mol. The number of hydrogen-bond donors (Lipinski definition) is 0. The van der Waals surface area contributed by atoms with Gasteiger partial charge < -0.3 is 0 Å². The van der Waals surface area contributed by atoms with Crippen LogP contribution in [0.25, 0.3) is 35.4 Å². The van der Waals surface area contributed by atoms with E-state index < -0.39 is 23.5 Å². The van der Waals surface area contributed by atoms with Gasteiger partial charge in [-0.15, -0.1) is 0 Å². The number of nitrogens with zero attached hydrogens (tertiary/aromatic N) is 1. The van der Waals surface area contributed by atoms with E-state index in [0.717, 1.165) is 28.8 Å². The van der Waals surface area contributed by atoms with Crippen molar-refractivity contribution in [2.45, 2.75) is 33.1 Å². The maximum atomic E-state index is 14.6. The second-order valence-corrected chi connectivity index (χ2v) is 11.7. The first kappa shape index (κ1) is 31.8. The molecule has 0 bridgehead atoms. The van der Waals surface area contributed by atoms with Crippen LogP contribution in [0, 0.1) is 20.8 Å². The van der Waals surface area contributed by atoms with Gasteiger partial charge in [-0.1, -0.05) is 103 Å². The molecule has 0 saturated carbocycles. The quantitative estimate of drug-likeness (QED) is 0.132. The minimum atomic E-state index is -4.73. The molecule has 0 radical (unpaired) electrons. The third-order valence-electron chi connectivity index (χ3n) is 8.16. The van der Waals surface area contributed by atoms with Crippen LogP contribution in [0.5, 0.6) is 0 Å². The van der Waals surface area contributed by atoms with Crippen LogP contribution in [0.3, 0.4) is 0 Å². The highest BCUT2D eigenvalue weighted by atomic mass is 19.4. The molecule has 236 valence electrons. The number of hydrogen-bond acceptors (Lipinski definition) is 1. The number of benzene rings is 5. The molecule has 0 aliphatic heterocycles. The summed E-state index contributed by atoms with van der Waals surface area (Å²) in [7, 11) is 0. The van der Waals surface area contributed by atoms with Crippen molar-refractivity contribution >= 4 is 35.7 Å². The Morgan fingerprint density at radius 3 is 1.28 bits per heavy atom. The van der Waals surface area contributed by atoms with E-state index in [1.54, 1.807) is 60.7 Å². The fourth-order valence-corrected chi connectivity index (χ4v) is 6.06. The Morgan fingerprint density at radius 2 is 0.894 bits per heavy atom. The zero-order chi connectivity index (χ0) is 33.5. The topological polar surface area (TPSA) is 12.4 Å². The van der Waals surface area contributed by atoms with E-state index >= 15 is 0 Å². The maximum absolute atomic E-state index is 14.6. The molecule has 0 atom stereocenters. The molecule has 5 aromatic carbocycles. The highest BCUT2D eigenvalue weighted by Crippen LogP contribution is 2.47. The molecule has 0 spiro atoms. The van der Waals surface area contributed by atoms with Gasteiger partial charge in [-0.25, -0.2) is 4.99 Å². The molecule has 7 heteroatoms. The molecule has 6 rings (SSSR count). The largest absolute Gasteiger partial charge is 0.417 e. The molecule has 0 amide bonds. The molecule has 0 saturated heterocycles. The smallest absolute Gasteiger partial charge is 0.247 e. The molecule has 1 aliphatic rings. The van der Waals surface area contributed by atoms with E-state index in [1.807, 2.05) is 45.0 Å². The van der Waals surface area contributed by atoms with Crippen LogP contribution in [0.15, 0.2) is 102 Å². The van der Waals surface area contributed by atoms with Crippen molar-refractivity contribution in [1.82, 2.24) is 0 Å². The molecule has 0 fully saturated rings. The molecule has 1 aliphatic carbocycles. The number of alkyl halides is 6. The Labute approximate surface area is 269 Å². The van der Waals surface area contributed by atoms with Gasteiger partial charge in [-0.3, -0.25) is 0 Å². The summed E-state index contributed by atoms with van der Waals surface area (Å²) in [6.45, 7) is 5.57. The third-order valence-corrected chi connectivity index (χ3v) is 8.16. The number of aryl methyl sites for hydroxylation is 3. The maximum Gasteiger partial charge on any atom is 0.417 e. The third kappa shape index (κ3) is 6.57. The summed E-state index contributed by atoms with van der Waals surface area (Å²) in [4.78, 5) is 4.82. The summed E-state index contributed by atoms with van der Waals surface area (Å²) in [6, 6.07) is 26.5. The SMILES string of the molecule is Cc1cc(C)c(N=C2c3cc(C(F)(F)F)c(/C=C\c4ccccc4)cc3-c3cc(/C=C\c4ccccc4)c(C(F)(F)F)cc32)c(C)c1. The van der Waals surface area contributed by atoms with Crippen LogP contribution < -0.4 is 0 Å². The molecule has 0 N–H and O–H groups in total. The van der Waals surface area contributed by atoms with E-state index in [2.05, 4.69) is 0 Å². The average Bonchev–Trinajstić information content (AvgIpc) is 3.31. The zero-order valence-electron chi connectivity index (χ0n) is 25.8. The lowest BCUT2D eigenvalue weighted by Gasteiger charge is -2.14. The molecular formula is C40H29F6N. The zero-order valence-corrected chi connectivity index (χ0v) is 25.8. The summed E-state index contributed by atoms with van der Waals surface area (Å²) in [6.07, 6.45) is -3.52. The normalized spacial score (nSPS) is 13.0. The van der Waals surface area contributed by atoms with Crippen LogP contribution in [0.2, 0.25) is 0 Å². The fourth-order valence-electron chi connectivity index (χ4n) is 6.06. The second-order valence-electron chi connectivity index (χ2n) is 11.7. The average molecular weight is 638 g/mol. The summed E-state index contributed by atoms with van der Waals surface area (Å²) >= 11 is 0. The van der Waals surface area contributed by atoms with Crippen LogP contribution in [-0.4, -0.2) is 5.71 Å². The minimum Gasteiger partial charge on any atom is -0.247 e. The Hall–Kier alpha value is -5.17. The Balaban J connectivity index is 1.64. The predicted molar refractivity (Wildman–Crippen MR) is 179 cm³/mol. The van der Waals surface area contributed by atoms with Crippen molar-refractivity contribution in [1.29, 1.82) is 0 Å². The highest BCUT2D eigenvalue weighted by molar-refractivity contribution is 6.26. The standard InChI is InChI=1S/C40H29F6N/c1-24-18-25(2)37(26(3)19-24)47-38-33-22-35(39(41,42)43)29(16-14-27-10-6-4-7-11-27)20-31(33)32-21-30(17-15-28-12-8-5-9-13-28)36(23-34(32)38)40(44,45)46/h4-23H,1-3H3/b16-14-,17-15-. The first-order valence-electron chi connectivity index (χ1n) is 14.9. The van der Waals surface area contributed by atoms with Crippen molar-refractivity contribution in [3.05, 3.63) is 158 Å². The minimum absolute atomic E-state index is 0.0678. The first-order chi connectivity index (χ1) is 22.3. The van der Waals surface area contributed by atoms with Crippen LogP contribution in [-0.2, 0) is 12.4 Å². The molecule has 0 heterocycles. The lowest BCUT2D eigenvalue weighted by atomic mass is 9.94. The van der Waals surface area contributed by atoms with Gasteiger partial charge in [-0.05, 0) is 89.5 Å². The van der Waals surface area contributed by atoms with Gasteiger partial charge >= 0.3 is 12.4 Å². The van der Waals surface area contributed by atoms with Crippen molar-refractivity contribution in [3.63, 3.8) is 0 Å². The number of fused-ring (bicyclic) bond motifs is 3. The first-order valence-corrected chi connectivity index (χ1v) is 14.9. The summed E-state index contributed by atoms with van der Waals surface area (Å²) in [5, 5.41) is 0. The Morgan fingerprint density at radius 1 is 0.489 bits per heavy atom. The van der Waals surface area contributed by atoms with Gasteiger partial charge in [-0.2, -0.15) is 26.3 Å². The van der Waals surface area contributed by atoms with Gasteiger partial charge in [0.25, 0.3) is 0 Å². The van der Waals surface area contributed by atoms with Gasteiger partial charge in [0.15, 0.2) is 0 Å². The van der Waals surface area contributed by atoms with Gasteiger partial charge in [0, 0.05) is 11.1 Å². The van der Waals surface area contributed by atoms with Crippen molar-refractivity contribution in [2.75, 3.05) is 0 Å². The van der Waals surface area contributed by atoms with E-state index in [-0.39, 0.29) is 28.0 Å². The fraction of sp³-hybridized carbons (Fsp3) is 0.125. The molecule has 5 aromatic rings. The van der Waals surface area contributed by atoms with Gasteiger partial charge in [0.05, 0.1) is 22.5 Å². The highest BCUT2D eigenvalue weighted by Gasteiger charge is 2.39. The van der Waals surface area contributed by atoms with Crippen molar-refractivity contribution < 1.29 is 26.3 Å². The molecule has 0 unspecified atom stereocenters. The second kappa shape index (κ2) is 12.2. The lowest BCUT2D eigenvalue weighted by molar-refractivity contribution is -0.138. The van der Waals surface area contributed by atoms with Crippen molar-refractivity contribution in [2.24, 2.45) is 4.99 Å². The molecule has 0 aromatic heterocycles. The number of halogens is 6. The van der Waals surface area contributed by atoms with Crippen LogP contribution in [0.4, 0.5) is 32.0 Å². The summed E-state index contributed by atoms with van der Waals surface area (Å²) < 4.78 is 87.7. The van der Waals surface area contributed by atoms with E-state index in [4.69, 9.17) is 4.99 Å². The van der Waals surface area contributed by atoms with Gasteiger partial charge in [0.2, 0.25) is 0 Å². The number of aliphatic imine (C=N–C) groups is 1. The number of rotatable bonds is 5. The molecule has 1 nitrogen and oxygen atoms in total. The molecule has 47 heavy (non-hydrogen) atoms. The lowest BCUT2D eigenvalue weighted by Crippen LogP contribution is -2.11. The predicted octanol–water partition coefficient (Wildman–Crippen LogP) is 12.1.